The average molecular weight is 270 g/mol. The highest BCUT2D eigenvalue weighted by Gasteiger charge is 2.15. The molecule has 20 heavy (non-hydrogen) atoms. The molecule has 0 saturated carbocycles. The number of aliphatic hydroxyl groups is 1. The largest absolute Gasteiger partial charge is 0.385 e. The fraction of sp³-hybridized carbons (Fsp3) is 0.188. The minimum Gasteiger partial charge on any atom is -0.385 e. The van der Waals surface area contributed by atoms with Gasteiger partial charge in [0.2, 0.25) is 0 Å². The first-order valence-electron chi connectivity index (χ1n) is 6.53. The molecular formula is C16H15FN2O. The number of rotatable bonds is 3. The summed E-state index contributed by atoms with van der Waals surface area (Å²) in [5.41, 5.74) is 2.28. The van der Waals surface area contributed by atoms with Gasteiger partial charge in [-0.2, -0.15) is 0 Å². The van der Waals surface area contributed by atoms with Crippen LogP contribution in [0.2, 0.25) is 0 Å². The number of imidazole rings is 1. The highest BCUT2D eigenvalue weighted by atomic mass is 19.1. The zero-order valence-electron chi connectivity index (χ0n) is 11.1. The zero-order valence-corrected chi connectivity index (χ0v) is 11.1. The van der Waals surface area contributed by atoms with Crippen LogP contribution in [-0.2, 0) is 6.54 Å². The maximum Gasteiger partial charge on any atom is 0.138 e. The molecule has 1 aromatic heterocycles. The minimum atomic E-state index is -0.700. The monoisotopic (exact) mass is 270 g/mol. The maximum absolute atomic E-state index is 13.8. The van der Waals surface area contributed by atoms with Crippen molar-refractivity contribution in [1.29, 1.82) is 0 Å². The predicted molar refractivity (Wildman–Crippen MR) is 75.9 cm³/mol. The van der Waals surface area contributed by atoms with Crippen molar-refractivity contribution in [3.63, 3.8) is 0 Å². The van der Waals surface area contributed by atoms with Gasteiger partial charge in [0.1, 0.15) is 17.7 Å². The van der Waals surface area contributed by atoms with Crippen LogP contribution in [0, 0.1) is 5.82 Å². The quantitative estimate of drug-likeness (QED) is 0.793. The summed E-state index contributed by atoms with van der Waals surface area (Å²) in [5, 5.41) is 9.88. The summed E-state index contributed by atoms with van der Waals surface area (Å²) < 4.78 is 15.7. The number of halogens is 1. The number of benzene rings is 2. The van der Waals surface area contributed by atoms with Gasteiger partial charge >= 0.3 is 0 Å². The van der Waals surface area contributed by atoms with Crippen LogP contribution in [-0.4, -0.2) is 14.7 Å². The van der Waals surface area contributed by atoms with Crippen LogP contribution >= 0.6 is 0 Å². The number of aromatic nitrogens is 2. The molecule has 0 aliphatic heterocycles. The molecule has 1 atom stereocenters. The first-order valence-corrected chi connectivity index (χ1v) is 6.53. The molecule has 3 rings (SSSR count). The molecule has 0 unspecified atom stereocenters. The Morgan fingerprint density at radius 2 is 1.85 bits per heavy atom. The Morgan fingerprint density at radius 1 is 1.15 bits per heavy atom. The van der Waals surface area contributed by atoms with Crippen molar-refractivity contribution >= 4 is 11.0 Å². The van der Waals surface area contributed by atoms with Gasteiger partial charge in [-0.3, -0.25) is 0 Å². The van der Waals surface area contributed by atoms with Crippen LogP contribution in [0.1, 0.15) is 24.4 Å². The molecule has 3 nitrogen and oxygen atoms in total. The lowest BCUT2D eigenvalue weighted by molar-refractivity contribution is 0.185. The molecule has 0 bridgehead atoms. The van der Waals surface area contributed by atoms with E-state index in [-0.39, 0.29) is 5.82 Å². The predicted octanol–water partition coefficient (Wildman–Crippen LogP) is 3.28. The van der Waals surface area contributed by atoms with E-state index in [1.54, 1.807) is 25.1 Å². The Morgan fingerprint density at radius 3 is 2.60 bits per heavy atom. The fourth-order valence-corrected chi connectivity index (χ4v) is 2.38. The van der Waals surface area contributed by atoms with Gasteiger partial charge in [0.25, 0.3) is 0 Å². The molecule has 4 heteroatoms. The second-order valence-corrected chi connectivity index (χ2v) is 4.81. The SMILES string of the molecule is C[C@@H](O)c1nc2ccccc2n1Cc1ccccc1F. The second-order valence-electron chi connectivity index (χ2n) is 4.81. The summed E-state index contributed by atoms with van der Waals surface area (Å²) in [6.07, 6.45) is -0.700. The third-order valence-electron chi connectivity index (χ3n) is 3.34. The highest BCUT2D eigenvalue weighted by Crippen LogP contribution is 2.22. The van der Waals surface area contributed by atoms with Crippen LogP contribution in [0.25, 0.3) is 11.0 Å². The molecule has 0 aliphatic carbocycles. The highest BCUT2D eigenvalue weighted by molar-refractivity contribution is 5.76. The van der Waals surface area contributed by atoms with Crippen LogP contribution in [0.3, 0.4) is 0 Å². The summed E-state index contributed by atoms with van der Waals surface area (Å²) in [6.45, 7) is 2.02. The van der Waals surface area contributed by atoms with Gasteiger partial charge in [-0.05, 0) is 25.1 Å². The third-order valence-corrected chi connectivity index (χ3v) is 3.34. The van der Waals surface area contributed by atoms with E-state index in [0.29, 0.717) is 17.9 Å². The molecule has 0 fully saturated rings. The van der Waals surface area contributed by atoms with Gasteiger partial charge < -0.3 is 9.67 Å². The standard InChI is InChI=1S/C16H15FN2O/c1-11(20)16-18-14-8-4-5-9-15(14)19(16)10-12-6-2-3-7-13(12)17/h2-9,11,20H,10H2,1H3/t11-/m1/s1. The Labute approximate surface area is 116 Å². The van der Waals surface area contributed by atoms with E-state index in [1.807, 2.05) is 28.8 Å². The Balaban J connectivity index is 2.14. The average Bonchev–Trinajstić information content (AvgIpc) is 2.81. The normalized spacial score (nSPS) is 12.8. The minimum absolute atomic E-state index is 0.248. The van der Waals surface area contributed by atoms with Crippen molar-refractivity contribution in [2.75, 3.05) is 0 Å². The summed E-state index contributed by atoms with van der Waals surface area (Å²) in [6, 6.07) is 14.3. The number of para-hydroxylation sites is 2. The number of hydrogen-bond acceptors (Lipinski definition) is 2. The van der Waals surface area contributed by atoms with Crippen molar-refractivity contribution < 1.29 is 9.50 Å². The lowest BCUT2D eigenvalue weighted by atomic mass is 10.2. The van der Waals surface area contributed by atoms with E-state index in [1.165, 1.54) is 6.07 Å². The Kier molecular flexibility index (Phi) is 3.24. The number of hydrogen-bond donors (Lipinski definition) is 1. The summed E-state index contributed by atoms with van der Waals surface area (Å²) >= 11 is 0. The van der Waals surface area contributed by atoms with Crippen molar-refractivity contribution in [3.05, 3.63) is 65.7 Å². The molecule has 0 saturated heterocycles. The molecule has 0 radical (unpaired) electrons. The number of nitrogens with zero attached hydrogens (tertiary/aromatic N) is 2. The van der Waals surface area contributed by atoms with Crippen molar-refractivity contribution in [3.8, 4) is 0 Å². The zero-order chi connectivity index (χ0) is 14.1. The lowest BCUT2D eigenvalue weighted by Crippen LogP contribution is -2.09. The number of aliphatic hydroxyl groups excluding tert-OH is 1. The van der Waals surface area contributed by atoms with Gasteiger partial charge in [0.15, 0.2) is 0 Å². The molecule has 1 heterocycles. The van der Waals surface area contributed by atoms with Gasteiger partial charge in [-0.25, -0.2) is 9.37 Å². The molecule has 1 N–H and O–H groups in total. The third kappa shape index (κ3) is 2.18. The first kappa shape index (κ1) is 12.8. The summed E-state index contributed by atoms with van der Waals surface area (Å²) in [7, 11) is 0. The topological polar surface area (TPSA) is 38.1 Å². The van der Waals surface area contributed by atoms with Crippen LogP contribution in [0.4, 0.5) is 4.39 Å². The molecule has 2 aromatic carbocycles. The molecule has 0 spiro atoms. The summed E-state index contributed by atoms with van der Waals surface area (Å²) in [5.74, 6) is 0.302. The smallest absolute Gasteiger partial charge is 0.138 e. The summed E-state index contributed by atoms with van der Waals surface area (Å²) in [4.78, 5) is 4.43. The van der Waals surface area contributed by atoms with E-state index in [2.05, 4.69) is 4.98 Å². The first-order chi connectivity index (χ1) is 9.66. The Hall–Kier alpha value is -2.20. The van der Waals surface area contributed by atoms with E-state index < -0.39 is 6.10 Å². The molecule has 0 amide bonds. The van der Waals surface area contributed by atoms with Crippen LogP contribution < -0.4 is 0 Å². The van der Waals surface area contributed by atoms with Gasteiger partial charge in [0.05, 0.1) is 17.6 Å². The van der Waals surface area contributed by atoms with E-state index in [4.69, 9.17) is 0 Å². The number of fused-ring (bicyclic) bond motifs is 1. The van der Waals surface area contributed by atoms with Gasteiger partial charge in [-0.1, -0.05) is 30.3 Å². The molecule has 102 valence electrons. The maximum atomic E-state index is 13.8. The van der Waals surface area contributed by atoms with Crippen molar-refractivity contribution in [2.24, 2.45) is 0 Å². The van der Waals surface area contributed by atoms with Crippen molar-refractivity contribution in [1.82, 2.24) is 9.55 Å². The van der Waals surface area contributed by atoms with E-state index >= 15 is 0 Å². The lowest BCUT2D eigenvalue weighted by Gasteiger charge is -2.11. The van der Waals surface area contributed by atoms with E-state index in [9.17, 15) is 9.50 Å². The fourth-order valence-electron chi connectivity index (χ4n) is 2.38. The second kappa shape index (κ2) is 5.06. The molecular weight excluding hydrogens is 255 g/mol. The van der Waals surface area contributed by atoms with Crippen LogP contribution in [0.15, 0.2) is 48.5 Å². The molecule has 0 aliphatic rings. The van der Waals surface area contributed by atoms with E-state index in [0.717, 1.165) is 11.0 Å². The van der Waals surface area contributed by atoms with Crippen molar-refractivity contribution in [2.45, 2.75) is 19.6 Å². The van der Waals surface area contributed by atoms with Gasteiger partial charge in [0, 0.05) is 5.56 Å². The van der Waals surface area contributed by atoms with Crippen LogP contribution in [0.5, 0.6) is 0 Å². The van der Waals surface area contributed by atoms with Gasteiger partial charge in [-0.15, -0.1) is 0 Å². The Bertz CT molecular complexity index is 749. The molecule has 3 aromatic rings.